The van der Waals surface area contributed by atoms with Gasteiger partial charge in [0.2, 0.25) is 0 Å². The molecular weight excluding hydrogens is 280 g/mol. The van der Waals surface area contributed by atoms with Crippen molar-refractivity contribution in [1.82, 2.24) is 25.1 Å². The second-order valence-electron chi connectivity index (χ2n) is 5.54. The van der Waals surface area contributed by atoms with Crippen molar-refractivity contribution < 1.29 is 4.79 Å². The lowest BCUT2D eigenvalue weighted by molar-refractivity contribution is 0.0667. The molecule has 2 aromatic heterocycles. The molecule has 1 saturated heterocycles. The fourth-order valence-electron chi connectivity index (χ4n) is 2.96. The van der Waals surface area contributed by atoms with E-state index in [1.165, 1.54) is 0 Å². The summed E-state index contributed by atoms with van der Waals surface area (Å²) in [7, 11) is 1.85. The normalized spacial score (nSPS) is 18.2. The molecule has 2 aromatic rings. The lowest BCUT2D eigenvalue weighted by atomic mass is 9.93. The van der Waals surface area contributed by atoms with Gasteiger partial charge in [-0.25, -0.2) is 4.98 Å². The van der Waals surface area contributed by atoms with Crippen LogP contribution in [0.5, 0.6) is 0 Å². The summed E-state index contributed by atoms with van der Waals surface area (Å²) in [5, 5.41) is 9.67. The van der Waals surface area contributed by atoms with Gasteiger partial charge in [-0.15, -0.1) is 0 Å². The van der Waals surface area contributed by atoms with Gasteiger partial charge in [-0.05, 0) is 31.2 Å². The maximum absolute atomic E-state index is 12.4. The molecule has 2 N–H and O–H groups in total. The molecule has 3 heterocycles. The Balaban J connectivity index is 1.67. The van der Waals surface area contributed by atoms with Crippen molar-refractivity contribution in [2.45, 2.75) is 19.3 Å². The third-order valence-electron chi connectivity index (χ3n) is 4.03. The Labute approximate surface area is 129 Å². The van der Waals surface area contributed by atoms with Crippen molar-refractivity contribution in [1.29, 1.82) is 0 Å². The molecule has 0 radical (unpaired) electrons. The minimum Gasteiger partial charge on any atom is -0.372 e. The number of rotatable bonds is 4. The maximum atomic E-state index is 12.4. The quantitative estimate of drug-likeness (QED) is 0.889. The third-order valence-corrected chi connectivity index (χ3v) is 4.03. The number of likely N-dealkylation sites (tertiary alicyclic amines) is 1. The Morgan fingerprint density at radius 1 is 1.41 bits per heavy atom. The van der Waals surface area contributed by atoms with Gasteiger partial charge in [0.15, 0.2) is 0 Å². The lowest BCUT2D eigenvalue weighted by Crippen LogP contribution is -2.40. The molecule has 7 nitrogen and oxygen atoms in total. The number of carbonyl (C=O) groups is 1. The summed E-state index contributed by atoms with van der Waals surface area (Å²) >= 11 is 0. The standard InChI is InChI=1S/C15H20N6O/c1-16-14-13(17-6-7-18-14)9-11-3-2-8-21(10-11)15(22)12-4-5-19-20-12/h4-7,11H,2-3,8-10H2,1H3,(H,16,18)(H,19,20)/t11-/m0/s1. The van der Waals surface area contributed by atoms with Crippen LogP contribution in [0.3, 0.4) is 0 Å². The SMILES string of the molecule is CNc1nccnc1C[C@@H]1CCCN(C(=O)c2ccn[nH]2)C1. The molecule has 0 spiro atoms. The number of hydrogen-bond donors (Lipinski definition) is 2. The molecular formula is C15H20N6O. The van der Waals surface area contributed by atoms with Crippen LogP contribution < -0.4 is 5.32 Å². The van der Waals surface area contributed by atoms with Crippen LogP contribution in [0.25, 0.3) is 0 Å². The average Bonchev–Trinajstić information content (AvgIpc) is 3.09. The number of amides is 1. The number of aromatic nitrogens is 4. The smallest absolute Gasteiger partial charge is 0.271 e. The second-order valence-corrected chi connectivity index (χ2v) is 5.54. The molecule has 0 bridgehead atoms. The lowest BCUT2D eigenvalue weighted by Gasteiger charge is -2.32. The van der Waals surface area contributed by atoms with Crippen molar-refractivity contribution in [2.24, 2.45) is 5.92 Å². The molecule has 0 aliphatic carbocycles. The van der Waals surface area contributed by atoms with Gasteiger partial charge in [0.05, 0.1) is 5.69 Å². The number of H-pyrrole nitrogens is 1. The monoisotopic (exact) mass is 300 g/mol. The highest BCUT2D eigenvalue weighted by atomic mass is 16.2. The van der Waals surface area contributed by atoms with Gasteiger partial charge in [-0.3, -0.25) is 14.9 Å². The molecule has 1 fully saturated rings. The minimum absolute atomic E-state index is 0.0233. The number of hydrogen-bond acceptors (Lipinski definition) is 5. The van der Waals surface area contributed by atoms with E-state index in [9.17, 15) is 4.79 Å². The molecule has 116 valence electrons. The Morgan fingerprint density at radius 2 is 2.27 bits per heavy atom. The van der Waals surface area contributed by atoms with Crippen LogP contribution in [0.4, 0.5) is 5.82 Å². The van der Waals surface area contributed by atoms with Crippen LogP contribution in [0, 0.1) is 5.92 Å². The van der Waals surface area contributed by atoms with E-state index >= 15 is 0 Å². The van der Waals surface area contributed by atoms with Gasteiger partial charge < -0.3 is 10.2 Å². The van der Waals surface area contributed by atoms with Gasteiger partial charge in [-0.1, -0.05) is 0 Å². The van der Waals surface area contributed by atoms with Gasteiger partial charge in [0, 0.05) is 38.7 Å². The van der Waals surface area contributed by atoms with E-state index in [0.29, 0.717) is 11.6 Å². The summed E-state index contributed by atoms with van der Waals surface area (Å²) in [5.74, 6) is 1.25. The molecule has 1 amide bonds. The minimum atomic E-state index is 0.0233. The molecule has 7 heteroatoms. The zero-order valence-corrected chi connectivity index (χ0v) is 12.6. The van der Waals surface area contributed by atoms with Crippen LogP contribution in [0.15, 0.2) is 24.7 Å². The first-order valence-corrected chi connectivity index (χ1v) is 7.54. The van der Waals surface area contributed by atoms with E-state index in [0.717, 1.165) is 43.9 Å². The first kappa shape index (κ1) is 14.5. The van der Waals surface area contributed by atoms with Crippen molar-refractivity contribution >= 4 is 11.7 Å². The van der Waals surface area contributed by atoms with Crippen molar-refractivity contribution in [3.05, 3.63) is 36.0 Å². The Morgan fingerprint density at radius 3 is 3.05 bits per heavy atom. The van der Waals surface area contributed by atoms with E-state index < -0.39 is 0 Å². The number of carbonyl (C=O) groups excluding carboxylic acids is 1. The van der Waals surface area contributed by atoms with Crippen molar-refractivity contribution in [3.8, 4) is 0 Å². The number of aromatic amines is 1. The Hall–Kier alpha value is -2.44. The van der Waals surface area contributed by atoms with Crippen LogP contribution in [-0.4, -0.2) is 51.1 Å². The number of nitrogens with one attached hydrogen (secondary N) is 2. The second kappa shape index (κ2) is 6.55. The van der Waals surface area contributed by atoms with E-state index in [4.69, 9.17) is 0 Å². The first-order chi connectivity index (χ1) is 10.8. The van der Waals surface area contributed by atoms with Gasteiger partial charge in [-0.2, -0.15) is 5.10 Å². The highest BCUT2D eigenvalue weighted by Crippen LogP contribution is 2.23. The largest absolute Gasteiger partial charge is 0.372 e. The van der Waals surface area contributed by atoms with Crippen LogP contribution in [0.2, 0.25) is 0 Å². The third kappa shape index (κ3) is 3.08. The van der Waals surface area contributed by atoms with E-state index in [1.807, 2.05) is 11.9 Å². The zero-order valence-electron chi connectivity index (χ0n) is 12.6. The highest BCUT2D eigenvalue weighted by molar-refractivity contribution is 5.92. The molecule has 1 aliphatic rings. The summed E-state index contributed by atoms with van der Waals surface area (Å²) in [5.41, 5.74) is 1.52. The van der Waals surface area contributed by atoms with Crippen LogP contribution >= 0.6 is 0 Å². The molecule has 0 unspecified atom stereocenters. The van der Waals surface area contributed by atoms with E-state index in [-0.39, 0.29) is 5.91 Å². The molecule has 1 aliphatic heterocycles. The van der Waals surface area contributed by atoms with Crippen LogP contribution in [-0.2, 0) is 6.42 Å². The summed E-state index contributed by atoms with van der Waals surface area (Å²) in [4.78, 5) is 23.0. The number of piperidine rings is 1. The maximum Gasteiger partial charge on any atom is 0.271 e. The summed E-state index contributed by atoms with van der Waals surface area (Å²) in [6, 6.07) is 1.72. The molecule has 1 atom stereocenters. The van der Waals surface area contributed by atoms with E-state index in [2.05, 4.69) is 25.5 Å². The number of anilines is 1. The topological polar surface area (TPSA) is 86.8 Å². The Kier molecular flexibility index (Phi) is 4.32. The summed E-state index contributed by atoms with van der Waals surface area (Å²) in [6.45, 7) is 1.55. The fourth-order valence-corrected chi connectivity index (χ4v) is 2.96. The van der Waals surface area contributed by atoms with Gasteiger partial charge in [0.1, 0.15) is 11.5 Å². The van der Waals surface area contributed by atoms with Crippen molar-refractivity contribution in [3.63, 3.8) is 0 Å². The van der Waals surface area contributed by atoms with Gasteiger partial charge in [0.25, 0.3) is 5.91 Å². The Bertz CT molecular complexity index is 627. The summed E-state index contributed by atoms with van der Waals surface area (Å²) < 4.78 is 0. The number of nitrogens with zero attached hydrogens (tertiary/aromatic N) is 4. The average molecular weight is 300 g/mol. The van der Waals surface area contributed by atoms with E-state index in [1.54, 1.807) is 24.7 Å². The molecule has 0 aromatic carbocycles. The zero-order chi connectivity index (χ0) is 15.4. The first-order valence-electron chi connectivity index (χ1n) is 7.54. The predicted octanol–water partition coefficient (Wildman–Crippen LogP) is 1.34. The van der Waals surface area contributed by atoms with Gasteiger partial charge >= 0.3 is 0 Å². The van der Waals surface area contributed by atoms with Crippen LogP contribution in [0.1, 0.15) is 29.0 Å². The molecule has 3 rings (SSSR count). The predicted molar refractivity (Wildman–Crippen MR) is 82.5 cm³/mol. The summed E-state index contributed by atoms with van der Waals surface area (Å²) in [6.07, 6.45) is 7.95. The fraction of sp³-hybridized carbons (Fsp3) is 0.467. The highest BCUT2D eigenvalue weighted by Gasteiger charge is 2.26. The molecule has 22 heavy (non-hydrogen) atoms. The molecule has 0 saturated carbocycles. The van der Waals surface area contributed by atoms with Crippen molar-refractivity contribution in [2.75, 3.05) is 25.5 Å².